The molecule has 0 aromatic heterocycles. The van der Waals surface area contributed by atoms with E-state index in [2.05, 4.69) is 166 Å². The minimum absolute atomic E-state index is 0.551. The van der Waals surface area contributed by atoms with E-state index in [0.29, 0.717) is 5.92 Å². The Morgan fingerprint density at radius 3 is 1.23 bits per heavy atom. The molecule has 1 unspecified atom stereocenters. The van der Waals surface area contributed by atoms with E-state index >= 15 is 0 Å². The topological polar surface area (TPSA) is 0 Å². The Hall–Kier alpha value is -5.72. The molecular weight excluding hydrogens is 577 g/mol. The largest absolute Gasteiger partial charge is 0.0648 e. The molecule has 0 amide bonds. The lowest BCUT2D eigenvalue weighted by atomic mass is 9.86. The van der Waals surface area contributed by atoms with Gasteiger partial charge in [-0.3, -0.25) is 0 Å². The molecule has 48 heavy (non-hydrogen) atoms. The van der Waals surface area contributed by atoms with Gasteiger partial charge in [0.05, 0.1) is 0 Å². The first-order valence-electron chi connectivity index (χ1n) is 17.2. The van der Waals surface area contributed by atoms with Crippen molar-refractivity contribution in [1.29, 1.82) is 0 Å². The molecule has 0 fully saturated rings. The minimum Gasteiger partial charge on any atom is -0.0648 e. The van der Waals surface area contributed by atoms with Gasteiger partial charge in [-0.25, -0.2) is 0 Å². The lowest BCUT2D eigenvalue weighted by molar-refractivity contribution is 0.734. The lowest BCUT2D eigenvalue weighted by Crippen LogP contribution is -1.92. The van der Waals surface area contributed by atoms with Gasteiger partial charge in [0, 0.05) is 0 Å². The number of hydrogen-bond acceptors (Lipinski definition) is 0. The Bertz CT molecular complexity index is 2620. The van der Waals surface area contributed by atoms with E-state index in [0.717, 1.165) is 6.42 Å². The molecule has 10 aromatic rings. The Labute approximate surface area is 280 Å². The van der Waals surface area contributed by atoms with E-state index in [9.17, 15) is 0 Å². The van der Waals surface area contributed by atoms with Crippen LogP contribution < -0.4 is 0 Å². The van der Waals surface area contributed by atoms with Crippen LogP contribution in [0.1, 0.15) is 31.7 Å². The maximum absolute atomic E-state index is 2.43. The molecule has 10 rings (SSSR count). The van der Waals surface area contributed by atoms with Gasteiger partial charge in [0.2, 0.25) is 0 Å². The van der Waals surface area contributed by atoms with Crippen LogP contribution in [0.3, 0.4) is 0 Å². The smallest absolute Gasteiger partial charge is 0.00206 e. The Balaban J connectivity index is 1.26. The van der Waals surface area contributed by atoms with Gasteiger partial charge in [-0.2, -0.15) is 0 Å². The molecule has 0 aliphatic heterocycles. The van der Waals surface area contributed by atoms with Crippen molar-refractivity contribution in [1.82, 2.24) is 0 Å². The third-order valence-electron chi connectivity index (χ3n) is 11.0. The summed E-state index contributed by atoms with van der Waals surface area (Å²) in [4.78, 5) is 0. The van der Waals surface area contributed by atoms with Crippen LogP contribution in [-0.4, -0.2) is 0 Å². The summed E-state index contributed by atoms with van der Waals surface area (Å²) in [5.41, 5.74) is 8.94. The molecule has 0 heterocycles. The van der Waals surface area contributed by atoms with Gasteiger partial charge in [-0.1, -0.05) is 147 Å². The van der Waals surface area contributed by atoms with Crippen LogP contribution in [-0.2, 0) is 0 Å². The van der Waals surface area contributed by atoms with Gasteiger partial charge in [-0.05, 0) is 134 Å². The maximum Gasteiger partial charge on any atom is -0.00206 e. The molecule has 0 N–H and O–H groups in total. The van der Waals surface area contributed by atoms with Gasteiger partial charge in [0.15, 0.2) is 0 Å². The molecule has 0 radical (unpaired) electrons. The third-order valence-corrected chi connectivity index (χ3v) is 11.0. The second-order valence-electron chi connectivity index (χ2n) is 13.7. The molecule has 0 nitrogen and oxygen atoms in total. The monoisotopic (exact) mass is 610 g/mol. The molecule has 0 saturated heterocycles. The van der Waals surface area contributed by atoms with E-state index in [4.69, 9.17) is 0 Å². The van der Waals surface area contributed by atoms with Gasteiger partial charge in [-0.15, -0.1) is 0 Å². The van der Waals surface area contributed by atoms with Crippen LogP contribution in [0.2, 0.25) is 0 Å². The van der Waals surface area contributed by atoms with Crippen molar-refractivity contribution in [2.75, 3.05) is 0 Å². The Morgan fingerprint density at radius 2 is 0.771 bits per heavy atom. The predicted molar refractivity (Wildman–Crippen MR) is 209 cm³/mol. The van der Waals surface area contributed by atoms with E-state index in [1.165, 1.54) is 104 Å². The average Bonchev–Trinajstić information content (AvgIpc) is 3.15. The molecule has 0 aliphatic carbocycles. The summed E-state index contributed by atoms with van der Waals surface area (Å²) in [6.45, 7) is 4.58. The summed E-state index contributed by atoms with van der Waals surface area (Å²) in [6, 6.07) is 57.5. The first-order valence-corrected chi connectivity index (χ1v) is 17.2. The van der Waals surface area contributed by atoms with Crippen LogP contribution >= 0.6 is 0 Å². The zero-order chi connectivity index (χ0) is 31.9. The van der Waals surface area contributed by atoms with Crippen molar-refractivity contribution >= 4 is 64.6 Å². The fraction of sp³-hybridized carbons (Fsp3) is 0.0833. The van der Waals surface area contributed by atoms with Gasteiger partial charge >= 0.3 is 0 Å². The fourth-order valence-corrected chi connectivity index (χ4v) is 8.32. The van der Waals surface area contributed by atoms with E-state index < -0.39 is 0 Å². The molecule has 0 saturated carbocycles. The van der Waals surface area contributed by atoms with Crippen molar-refractivity contribution in [2.24, 2.45) is 0 Å². The zero-order valence-electron chi connectivity index (χ0n) is 27.2. The molecular formula is C48H34. The van der Waals surface area contributed by atoms with Gasteiger partial charge in [0.1, 0.15) is 0 Å². The highest BCUT2D eigenvalue weighted by atomic mass is 14.2. The fourth-order valence-electron chi connectivity index (χ4n) is 8.32. The SMILES string of the molecule is CCC(C)c1ccc(-c2cc(-c3ccc4ccc5cccc6ccc3c4c56)cc(-c3ccc4ccc5cccc6ccc3c4c56)c2)cc1. The Kier molecular flexibility index (Phi) is 5.93. The number of hydrogen-bond donors (Lipinski definition) is 0. The molecule has 10 aromatic carbocycles. The quantitative estimate of drug-likeness (QED) is 0.170. The first kappa shape index (κ1) is 27.4. The van der Waals surface area contributed by atoms with Crippen molar-refractivity contribution < 1.29 is 0 Å². The summed E-state index contributed by atoms with van der Waals surface area (Å²) >= 11 is 0. The number of benzene rings is 10. The zero-order valence-corrected chi connectivity index (χ0v) is 27.2. The van der Waals surface area contributed by atoms with E-state index in [-0.39, 0.29) is 0 Å². The standard InChI is InChI=1S/C48H34/c1-3-29(2)30-10-12-31(13-11-30)38-26-39(41-22-18-36-16-14-32-6-4-8-34-20-24-43(41)47(36)45(32)34)28-40(27-38)42-23-19-37-17-15-33-7-5-9-35-21-25-44(42)48(37)46(33)35/h4-29H,3H2,1-2H3. The average molecular weight is 611 g/mol. The summed E-state index contributed by atoms with van der Waals surface area (Å²) in [5.74, 6) is 0.551. The first-order chi connectivity index (χ1) is 23.6. The molecule has 0 heteroatoms. The van der Waals surface area contributed by atoms with Crippen LogP contribution in [0.25, 0.3) is 98.0 Å². The molecule has 0 aliphatic rings. The molecule has 1 atom stereocenters. The van der Waals surface area contributed by atoms with Crippen molar-refractivity contribution in [3.05, 3.63) is 157 Å². The second kappa shape index (κ2) is 10.4. The second-order valence-corrected chi connectivity index (χ2v) is 13.7. The number of rotatable bonds is 5. The van der Waals surface area contributed by atoms with Crippen LogP contribution in [0.4, 0.5) is 0 Å². The summed E-state index contributed by atoms with van der Waals surface area (Å²) in [6.07, 6.45) is 1.14. The van der Waals surface area contributed by atoms with Gasteiger partial charge < -0.3 is 0 Å². The Morgan fingerprint density at radius 1 is 0.375 bits per heavy atom. The summed E-state index contributed by atoms with van der Waals surface area (Å²) in [7, 11) is 0. The van der Waals surface area contributed by atoms with E-state index in [1.54, 1.807) is 0 Å². The maximum atomic E-state index is 2.43. The minimum atomic E-state index is 0.551. The van der Waals surface area contributed by atoms with Crippen LogP contribution in [0.5, 0.6) is 0 Å². The molecule has 0 spiro atoms. The molecule has 226 valence electrons. The summed E-state index contributed by atoms with van der Waals surface area (Å²) < 4.78 is 0. The van der Waals surface area contributed by atoms with Gasteiger partial charge in [0.25, 0.3) is 0 Å². The normalized spacial score (nSPS) is 12.8. The summed E-state index contributed by atoms with van der Waals surface area (Å²) in [5, 5.41) is 15.8. The van der Waals surface area contributed by atoms with Crippen molar-refractivity contribution in [2.45, 2.75) is 26.2 Å². The van der Waals surface area contributed by atoms with Crippen LogP contribution in [0, 0.1) is 0 Å². The highest BCUT2D eigenvalue weighted by molar-refractivity contribution is 6.27. The highest BCUT2D eigenvalue weighted by Gasteiger charge is 2.17. The molecule has 0 bridgehead atoms. The van der Waals surface area contributed by atoms with Crippen LogP contribution in [0.15, 0.2) is 152 Å². The van der Waals surface area contributed by atoms with Crippen molar-refractivity contribution in [3.63, 3.8) is 0 Å². The predicted octanol–water partition coefficient (Wildman–Crippen LogP) is 14.0. The van der Waals surface area contributed by atoms with Crippen molar-refractivity contribution in [3.8, 4) is 33.4 Å². The van der Waals surface area contributed by atoms with E-state index in [1.807, 2.05) is 0 Å². The highest BCUT2D eigenvalue weighted by Crippen LogP contribution is 2.44. The third kappa shape index (κ3) is 4.02. The lowest BCUT2D eigenvalue weighted by Gasteiger charge is -2.18.